The Balaban J connectivity index is 1.76. The largest absolute Gasteiger partial charge is 0.481 e. The minimum atomic E-state index is -0.692. The molecule has 5 heteroatoms. The van der Waals surface area contributed by atoms with Crippen LogP contribution in [0.2, 0.25) is 5.02 Å². The number of likely N-dealkylation sites (tertiary alicyclic amines) is 1. The summed E-state index contributed by atoms with van der Waals surface area (Å²) in [5.41, 5.74) is 0.578. The summed E-state index contributed by atoms with van der Waals surface area (Å²) >= 11 is 5.99. The summed E-state index contributed by atoms with van der Waals surface area (Å²) in [6.45, 7) is 2.47. The SMILES string of the molecule is O=C(O)C1CCN(CCCc2c(F)cccc2Cl)CC1. The van der Waals surface area contributed by atoms with Gasteiger partial charge in [0, 0.05) is 10.6 Å². The van der Waals surface area contributed by atoms with Crippen LogP contribution >= 0.6 is 11.6 Å². The number of carbonyl (C=O) groups is 1. The number of rotatable bonds is 5. The normalized spacial score (nSPS) is 17.3. The molecule has 2 rings (SSSR count). The molecule has 0 radical (unpaired) electrons. The third-order valence-electron chi connectivity index (χ3n) is 3.90. The van der Waals surface area contributed by atoms with Gasteiger partial charge in [0.1, 0.15) is 5.82 Å². The summed E-state index contributed by atoms with van der Waals surface area (Å²) in [5.74, 6) is -1.14. The molecule has 20 heavy (non-hydrogen) atoms. The maximum Gasteiger partial charge on any atom is 0.306 e. The van der Waals surface area contributed by atoms with Gasteiger partial charge in [0.15, 0.2) is 0 Å². The number of nitrogens with zero attached hydrogens (tertiary/aromatic N) is 1. The lowest BCUT2D eigenvalue weighted by molar-refractivity contribution is -0.143. The van der Waals surface area contributed by atoms with Crippen molar-refractivity contribution in [1.29, 1.82) is 0 Å². The van der Waals surface area contributed by atoms with Gasteiger partial charge in [-0.1, -0.05) is 17.7 Å². The molecule has 110 valence electrons. The summed E-state index contributed by atoms with van der Waals surface area (Å²) in [6.07, 6.45) is 2.86. The predicted molar refractivity (Wildman–Crippen MR) is 76.5 cm³/mol. The van der Waals surface area contributed by atoms with Gasteiger partial charge in [0.25, 0.3) is 0 Å². The van der Waals surface area contributed by atoms with Crippen LogP contribution in [-0.4, -0.2) is 35.6 Å². The molecule has 0 atom stereocenters. The third-order valence-corrected chi connectivity index (χ3v) is 4.25. The van der Waals surface area contributed by atoms with Crippen molar-refractivity contribution in [3.05, 3.63) is 34.6 Å². The average molecular weight is 300 g/mol. The van der Waals surface area contributed by atoms with E-state index in [-0.39, 0.29) is 11.7 Å². The van der Waals surface area contributed by atoms with Crippen molar-refractivity contribution in [3.63, 3.8) is 0 Å². The van der Waals surface area contributed by atoms with Gasteiger partial charge in [0.2, 0.25) is 0 Å². The van der Waals surface area contributed by atoms with Crippen LogP contribution in [-0.2, 0) is 11.2 Å². The highest BCUT2D eigenvalue weighted by molar-refractivity contribution is 6.31. The summed E-state index contributed by atoms with van der Waals surface area (Å²) in [7, 11) is 0. The van der Waals surface area contributed by atoms with Crippen LogP contribution in [0.3, 0.4) is 0 Å². The molecule has 1 N–H and O–H groups in total. The van der Waals surface area contributed by atoms with E-state index in [9.17, 15) is 9.18 Å². The number of halogens is 2. The van der Waals surface area contributed by atoms with E-state index >= 15 is 0 Å². The van der Waals surface area contributed by atoms with E-state index in [0.717, 1.165) is 26.1 Å². The molecule has 1 saturated heterocycles. The molecule has 0 spiro atoms. The van der Waals surface area contributed by atoms with E-state index in [4.69, 9.17) is 16.7 Å². The second-order valence-corrected chi connectivity index (χ2v) is 5.67. The lowest BCUT2D eigenvalue weighted by atomic mass is 9.97. The van der Waals surface area contributed by atoms with Crippen LogP contribution in [0, 0.1) is 11.7 Å². The van der Waals surface area contributed by atoms with Crippen molar-refractivity contribution >= 4 is 17.6 Å². The van der Waals surface area contributed by atoms with Crippen LogP contribution in [0.1, 0.15) is 24.8 Å². The first kappa shape index (κ1) is 15.3. The van der Waals surface area contributed by atoms with E-state index in [1.807, 2.05) is 0 Å². The monoisotopic (exact) mass is 299 g/mol. The molecule has 1 aliphatic rings. The standard InChI is InChI=1S/C15H19ClFNO2/c16-13-4-1-5-14(17)12(13)3-2-8-18-9-6-11(7-10-18)15(19)20/h1,4-5,11H,2-3,6-10H2,(H,19,20). The fraction of sp³-hybridized carbons (Fsp3) is 0.533. The Hall–Kier alpha value is -1.13. The smallest absolute Gasteiger partial charge is 0.306 e. The Kier molecular flexibility index (Phi) is 5.38. The Morgan fingerprint density at radius 2 is 2.10 bits per heavy atom. The Labute approximate surface area is 123 Å². The first-order chi connectivity index (χ1) is 9.58. The fourth-order valence-electron chi connectivity index (χ4n) is 2.65. The molecule has 3 nitrogen and oxygen atoms in total. The number of aliphatic carboxylic acids is 1. The number of hydrogen-bond acceptors (Lipinski definition) is 2. The maximum absolute atomic E-state index is 13.6. The van der Waals surface area contributed by atoms with E-state index < -0.39 is 5.97 Å². The minimum absolute atomic E-state index is 0.202. The predicted octanol–water partition coefficient (Wildman–Crippen LogP) is 3.21. The molecule has 0 aliphatic carbocycles. The van der Waals surface area contributed by atoms with Crippen molar-refractivity contribution in [2.24, 2.45) is 5.92 Å². The zero-order chi connectivity index (χ0) is 14.5. The lowest BCUT2D eigenvalue weighted by Gasteiger charge is -2.29. The first-order valence-corrected chi connectivity index (χ1v) is 7.34. The van der Waals surface area contributed by atoms with Crippen LogP contribution in [0.25, 0.3) is 0 Å². The second-order valence-electron chi connectivity index (χ2n) is 5.26. The minimum Gasteiger partial charge on any atom is -0.481 e. The molecule has 1 aliphatic heterocycles. The van der Waals surface area contributed by atoms with Crippen LogP contribution < -0.4 is 0 Å². The van der Waals surface area contributed by atoms with E-state index in [1.54, 1.807) is 12.1 Å². The van der Waals surface area contributed by atoms with Gasteiger partial charge in [-0.15, -0.1) is 0 Å². The van der Waals surface area contributed by atoms with Crippen molar-refractivity contribution in [3.8, 4) is 0 Å². The molecule has 1 heterocycles. The molecule has 0 saturated carbocycles. The molecule has 1 aromatic carbocycles. The number of piperidine rings is 1. The van der Waals surface area contributed by atoms with Crippen molar-refractivity contribution in [1.82, 2.24) is 4.90 Å². The molecule has 0 unspecified atom stereocenters. The van der Waals surface area contributed by atoms with Crippen molar-refractivity contribution < 1.29 is 14.3 Å². The summed E-state index contributed by atoms with van der Waals surface area (Å²) in [4.78, 5) is 13.1. The van der Waals surface area contributed by atoms with Gasteiger partial charge >= 0.3 is 5.97 Å². The van der Waals surface area contributed by atoms with E-state index in [0.29, 0.717) is 29.8 Å². The van der Waals surface area contributed by atoms with E-state index in [1.165, 1.54) is 6.07 Å². The van der Waals surface area contributed by atoms with Crippen LogP contribution in [0.15, 0.2) is 18.2 Å². The highest BCUT2D eigenvalue weighted by Gasteiger charge is 2.24. The average Bonchev–Trinajstić information content (AvgIpc) is 2.42. The second kappa shape index (κ2) is 7.04. The number of carboxylic acids is 1. The Bertz CT molecular complexity index is 453. The van der Waals surface area contributed by atoms with Gasteiger partial charge < -0.3 is 10.0 Å². The van der Waals surface area contributed by atoms with Crippen molar-refractivity contribution in [2.45, 2.75) is 25.7 Å². The molecular weight excluding hydrogens is 281 g/mol. The number of carboxylic acid groups (broad SMARTS) is 1. The van der Waals surface area contributed by atoms with Crippen LogP contribution in [0.5, 0.6) is 0 Å². The van der Waals surface area contributed by atoms with Gasteiger partial charge in [-0.2, -0.15) is 0 Å². The topological polar surface area (TPSA) is 40.5 Å². The first-order valence-electron chi connectivity index (χ1n) is 6.96. The zero-order valence-corrected chi connectivity index (χ0v) is 12.1. The summed E-state index contributed by atoms with van der Waals surface area (Å²) in [6, 6.07) is 4.75. The van der Waals surface area contributed by atoms with Gasteiger partial charge in [0.05, 0.1) is 5.92 Å². The molecule has 1 fully saturated rings. The fourth-order valence-corrected chi connectivity index (χ4v) is 2.91. The summed E-state index contributed by atoms with van der Waals surface area (Å²) in [5, 5.41) is 9.42. The number of hydrogen-bond donors (Lipinski definition) is 1. The lowest BCUT2D eigenvalue weighted by Crippen LogP contribution is -2.36. The molecule has 0 bridgehead atoms. The number of benzene rings is 1. The third kappa shape index (κ3) is 3.93. The van der Waals surface area contributed by atoms with Crippen LogP contribution in [0.4, 0.5) is 4.39 Å². The Morgan fingerprint density at radius 1 is 1.40 bits per heavy atom. The highest BCUT2D eigenvalue weighted by atomic mass is 35.5. The molecule has 0 aromatic heterocycles. The Morgan fingerprint density at radius 3 is 2.70 bits per heavy atom. The van der Waals surface area contributed by atoms with Crippen molar-refractivity contribution in [2.75, 3.05) is 19.6 Å². The molecular formula is C15H19ClFNO2. The van der Waals surface area contributed by atoms with Gasteiger partial charge in [-0.25, -0.2) is 4.39 Å². The quantitative estimate of drug-likeness (QED) is 0.907. The maximum atomic E-state index is 13.6. The molecule has 0 amide bonds. The molecule has 1 aromatic rings. The highest BCUT2D eigenvalue weighted by Crippen LogP contribution is 2.21. The summed E-state index contributed by atoms with van der Waals surface area (Å²) < 4.78 is 13.6. The zero-order valence-electron chi connectivity index (χ0n) is 11.3. The van der Waals surface area contributed by atoms with Gasteiger partial charge in [-0.05, 0) is 57.5 Å². The van der Waals surface area contributed by atoms with Gasteiger partial charge in [-0.3, -0.25) is 4.79 Å². The van der Waals surface area contributed by atoms with E-state index in [2.05, 4.69) is 4.90 Å².